The molecule has 1 aromatic rings. The average Bonchev–Trinajstić information content (AvgIpc) is 2.07. The second kappa shape index (κ2) is 4.26. The van der Waals surface area contributed by atoms with Crippen LogP contribution in [0, 0.1) is 12.7 Å². The lowest BCUT2D eigenvalue weighted by Gasteiger charge is -2.11. The lowest BCUT2D eigenvalue weighted by Crippen LogP contribution is -2.21. The van der Waals surface area contributed by atoms with E-state index in [9.17, 15) is 17.6 Å². The van der Waals surface area contributed by atoms with Crippen molar-refractivity contribution in [3.05, 3.63) is 28.5 Å². The Kier molecular flexibility index (Phi) is 3.44. The molecular weight excluding hydrogens is 234 g/mol. The van der Waals surface area contributed by atoms with Crippen molar-refractivity contribution in [2.75, 3.05) is 11.9 Å². The first kappa shape index (κ1) is 12.1. The van der Waals surface area contributed by atoms with Crippen molar-refractivity contribution in [1.29, 1.82) is 0 Å². The van der Waals surface area contributed by atoms with Crippen LogP contribution in [0.3, 0.4) is 0 Å². The van der Waals surface area contributed by atoms with E-state index in [4.69, 9.17) is 11.6 Å². The van der Waals surface area contributed by atoms with E-state index >= 15 is 0 Å². The van der Waals surface area contributed by atoms with E-state index in [1.807, 2.05) is 5.32 Å². The van der Waals surface area contributed by atoms with Crippen LogP contribution in [0.1, 0.15) is 5.56 Å². The average molecular weight is 242 g/mol. The highest BCUT2D eigenvalue weighted by molar-refractivity contribution is 6.33. The number of aryl methyl sites for hydroxylation is 1. The Balaban J connectivity index is 2.82. The Hall–Kier alpha value is -0.970. The number of benzene rings is 1. The fourth-order valence-corrected chi connectivity index (χ4v) is 1.26. The molecule has 0 aromatic heterocycles. The minimum Gasteiger partial charge on any atom is -0.375 e. The Morgan fingerprint density at radius 3 is 2.47 bits per heavy atom. The van der Waals surface area contributed by atoms with Crippen LogP contribution in [0.5, 0.6) is 0 Å². The lowest BCUT2D eigenvalue weighted by atomic mass is 10.2. The predicted molar refractivity (Wildman–Crippen MR) is 50.7 cm³/mol. The summed E-state index contributed by atoms with van der Waals surface area (Å²) in [5.41, 5.74) is 0.231. The zero-order chi connectivity index (χ0) is 11.6. The summed E-state index contributed by atoms with van der Waals surface area (Å²) in [7, 11) is 0. The van der Waals surface area contributed by atoms with Gasteiger partial charge < -0.3 is 5.32 Å². The van der Waals surface area contributed by atoms with E-state index in [0.29, 0.717) is 0 Å². The molecule has 0 heterocycles. The van der Waals surface area contributed by atoms with Crippen molar-refractivity contribution in [2.45, 2.75) is 13.1 Å². The van der Waals surface area contributed by atoms with Crippen LogP contribution in [0.15, 0.2) is 12.1 Å². The molecule has 1 rings (SSSR count). The Labute approximate surface area is 89.0 Å². The standard InChI is InChI=1S/C9H8ClF4N/c1-5-2-6(10)8(3-7(5)11)15-4-9(12,13)14/h2-3,15H,4H2,1H3. The molecule has 6 heteroatoms. The maximum absolute atomic E-state index is 13.0. The highest BCUT2D eigenvalue weighted by Crippen LogP contribution is 2.26. The fourth-order valence-electron chi connectivity index (χ4n) is 0.977. The molecule has 1 nitrogen and oxygen atoms in total. The zero-order valence-electron chi connectivity index (χ0n) is 7.75. The number of nitrogens with one attached hydrogen (secondary N) is 1. The zero-order valence-corrected chi connectivity index (χ0v) is 8.51. The van der Waals surface area contributed by atoms with E-state index in [-0.39, 0.29) is 16.3 Å². The molecule has 0 fully saturated rings. The number of halogens is 5. The van der Waals surface area contributed by atoms with Crippen molar-refractivity contribution >= 4 is 17.3 Å². The Morgan fingerprint density at radius 1 is 1.33 bits per heavy atom. The molecule has 84 valence electrons. The number of hydrogen-bond acceptors (Lipinski definition) is 1. The van der Waals surface area contributed by atoms with Gasteiger partial charge in [-0.1, -0.05) is 11.6 Å². The first-order valence-electron chi connectivity index (χ1n) is 4.06. The van der Waals surface area contributed by atoms with Crippen molar-refractivity contribution < 1.29 is 17.6 Å². The molecule has 1 aromatic carbocycles. The normalized spacial score (nSPS) is 11.6. The topological polar surface area (TPSA) is 12.0 Å². The minimum absolute atomic E-state index is 0.0582. The second-order valence-corrected chi connectivity index (χ2v) is 3.46. The number of alkyl halides is 3. The van der Waals surface area contributed by atoms with Crippen LogP contribution in [-0.2, 0) is 0 Å². The van der Waals surface area contributed by atoms with E-state index in [1.54, 1.807) is 0 Å². The minimum atomic E-state index is -4.36. The van der Waals surface area contributed by atoms with Crippen LogP contribution < -0.4 is 5.32 Å². The Bertz CT molecular complexity index is 362. The summed E-state index contributed by atoms with van der Waals surface area (Å²) in [6.07, 6.45) is -4.36. The number of rotatable bonds is 2. The molecule has 0 amide bonds. The van der Waals surface area contributed by atoms with Crippen molar-refractivity contribution in [2.24, 2.45) is 0 Å². The van der Waals surface area contributed by atoms with Gasteiger partial charge in [-0.15, -0.1) is 0 Å². The summed E-state index contributed by atoms with van der Waals surface area (Å²) < 4.78 is 48.6. The quantitative estimate of drug-likeness (QED) is 0.778. The molecule has 0 radical (unpaired) electrons. The van der Waals surface area contributed by atoms with Gasteiger partial charge in [-0.2, -0.15) is 13.2 Å². The molecule has 1 N–H and O–H groups in total. The van der Waals surface area contributed by atoms with Gasteiger partial charge in [0.25, 0.3) is 0 Å². The van der Waals surface area contributed by atoms with Crippen LogP contribution in [0.25, 0.3) is 0 Å². The second-order valence-electron chi connectivity index (χ2n) is 3.05. The molecule has 0 saturated heterocycles. The van der Waals surface area contributed by atoms with Gasteiger partial charge in [0.1, 0.15) is 12.4 Å². The Morgan fingerprint density at radius 2 is 1.93 bits per heavy atom. The smallest absolute Gasteiger partial charge is 0.375 e. The highest BCUT2D eigenvalue weighted by Gasteiger charge is 2.27. The predicted octanol–water partition coefficient (Wildman–Crippen LogP) is 3.76. The summed E-state index contributed by atoms with van der Waals surface area (Å²) in [6.45, 7) is 0.240. The molecule has 15 heavy (non-hydrogen) atoms. The summed E-state index contributed by atoms with van der Waals surface area (Å²) >= 11 is 5.63. The van der Waals surface area contributed by atoms with E-state index in [0.717, 1.165) is 6.07 Å². The first-order valence-corrected chi connectivity index (χ1v) is 4.43. The monoisotopic (exact) mass is 241 g/mol. The molecule has 0 bridgehead atoms. The molecule has 0 unspecified atom stereocenters. The van der Waals surface area contributed by atoms with Crippen molar-refractivity contribution in [1.82, 2.24) is 0 Å². The largest absolute Gasteiger partial charge is 0.405 e. The maximum atomic E-state index is 13.0. The van der Waals surface area contributed by atoms with Crippen molar-refractivity contribution in [3.63, 3.8) is 0 Å². The van der Waals surface area contributed by atoms with Gasteiger partial charge in [0.2, 0.25) is 0 Å². The van der Waals surface area contributed by atoms with E-state index in [2.05, 4.69) is 0 Å². The summed E-state index contributed by atoms with van der Waals surface area (Å²) in [5, 5.41) is 2.09. The molecule has 0 aliphatic heterocycles. The molecule has 0 aliphatic carbocycles. The van der Waals surface area contributed by atoms with Gasteiger partial charge >= 0.3 is 6.18 Å². The highest BCUT2D eigenvalue weighted by atomic mass is 35.5. The van der Waals surface area contributed by atoms with Gasteiger partial charge in [0, 0.05) is 0 Å². The fraction of sp³-hybridized carbons (Fsp3) is 0.333. The van der Waals surface area contributed by atoms with E-state index < -0.39 is 18.5 Å². The van der Waals surface area contributed by atoms with Gasteiger partial charge in [-0.3, -0.25) is 0 Å². The molecule has 0 saturated carbocycles. The maximum Gasteiger partial charge on any atom is 0.405 e. The molecule has 0 atom stereocenters. The van der Waals surface area contributed by atoms with Gasteiger partial charge in [-0.05, 0) is 24.6 Å². The molecule has 0 spiro atoms. The van der Waals surface area contributed by atoms with Gasteiger partial charge in [0.05, 0.1) is 10.7 Å². The summed E-state index contributed by atoms with van der Waals surface area (Å²) in [5.74, 6) is -0.593. The number of hydrogen-bond donors (Lipinski definition) is 1. The third kappa shape index (κ3) is 3.58. The third-order valence-corrected chi connectivity index (χ3v) is 2.04. The molecule has 0 aliphatic rings. The first-order chi connectivity index (χ1) is 6.79. The SMILES string of the molecule is Cc1cc(Cl)c(NCC(F)(F)F)cc1F. The third-order valence-electron chi connectivity index (χ3n) is 1.73. The van der Waals surface area contributed by atoms with Crippen LogP contribution in [0.4, 0.5) is 23.2 Å². The van der Waals surface area contributed by atoms with Crippen molar-refractivity contribution in [3.8, 4) is 0 Å². The van der Waals surface area contributed by atoms with Gasteiger partial charge in [-0.25, -0.2) is 4.39 Å². The van der Waals surface area contributed by atoms with Crippen LogP contribution in [0.2, 0.25) is 5.02 Å². The number of anilines is 1. The lowest BCUT2D eigenvalue weighted by molar-refractivity contribution is -0.115. The van der Waals surface area contributed by atoms with Crippen LogP contribution in [-0.4, -0.2) is 12.7 Å². The van der Waals surface area contributed by atoms with E-state index in [1.165, 1.54) is 13.0 Å². The van der Waals surface area contributed by atoms with Crippen LogP contribution >= 0.6 is 11.6 Å². The van der Waals surface area contributed by atoms with Gasteiger partial charge in [0.15, 0.2) is 0 Å². The molecular formula is C9H8ClF4N. The summed E-state index contributed by atoms with van der Waals surface area (Å²) in [6, 6.07) is 2.22. The summed E-state index contributed by atoms with van der Waals surface area (Å²) in [4.78, 5) is 0.